The van der Waals surface area contributed by atoms with Gasteiger partial charge >= 0.3 is 0 Å². The fourth-order valence-corrected chi connectivity index (χ4v) is 6.90. The van der Waals surface area contributed by atoms with Crippen molar-refractivity contribution in [2.24, 2.45) is 0 Å². The zero-order chi connectivity index (χ0) is 26.3. The van der Waals surface area contributed by atoms with Gasteiger partial charge in [-0.15, -0.1) is 0 Å². The van der Waals surface area contributed by atoms with Crippen molar-refractivity contribution >= 4 is 22.4 Å². The molecule has 2 amide bonds. The van der Waals surface area contributed by atoms with E-state index >= 15 is 0 Å². The number of aromatic nitrogens is 2. The molecule has 4 heterocycles. The first kappa shape index (κ1) is 25.1. The molecule has 3 aliphatic rings. The van der Waals surface area contributed by atoms with Gasteiger partial charge in [0, 0.05) is 49.0 Å². The summed E-state index contributed by atoms with van der Waals surface area (Å²) in [5.41, 5.74) is 3.01. The Kier molecular flexibility index (Phi) is 6.70. The predicted molar refractivity (Wildman–Crippen MR) is 142 cm³/mol. The molecule has 2 saturated heterocycles. The molecule has 3 aliphatic heterocycles. The van der Waals surface area contributed by atoms with Crippen LogP contribution in [-0.4, -0.2) is 81.2 Å². The highest BCUT2D eigenvalue weighted by Gasteiger charge is 2.37. The van der Waals surface area contributed by atoms with E-state index in [0.717, 1.165) is 12.8 Å². The summed E-state index contributed by atoms with van der Waals surface area (Å²) in [6, 6.07) is 14.3. The van der Waals surface area contributed by atoms with E-state index in [1.165, 1.54) is 0 Å². The second-order valence-corrected chi connectivity index (χ2v) is 11.8. The number of amides is 2. The number of fused-ring (bicyclic) bond motifs is 3. The van der Waals surface area contributed by atoms with Crippen molar-refractivity contribution < 1.29 is 28.2 Å². The van der Waals surface area contributed by atoms with Crippen molar-refractivity contribution in [3.05, 3.63) is 65.4 Å². The van der Waals surface area contributed by atoms with E-state index in [4.69, 9.17) is 14.6 Å². The Balaban J connectivity index is 1.44. The number of hydrogen-bond donors (Lipinski definition) is 3. The number of carbonyl (C=O) groups excluding carboxylic acids is 2. The predicted octanol–water partition coefficient (Wildman–Crippen LogP) is 3.54. The molecule has 0 atom stereocenters. The fraction of sp³-hybridized carbons (Fsp3) is 0.370. The van der Waals surface area contributed by atoms with E-state index in [0.29, 0.717) is 72.5 Å². The van der Waals surface area contributed by atoms with Crippen LogP contribution in [0.4, 0.5) is 0 Å². The monoisotopic (exact) mass is 538 g/mol. The maximum atomic E-state index is 13.6. The van der Waals surface area contributed by atoms with Gasteiger partial charge in [0.15, 0.2) is 5.69 Å². The molecule has 2 aromatic carbocycles. The van der Waals surface area contributed by atoms with Crippen LogP contribution in [0.3, 0.4) is 0 Å². The Labute approximate surface area is 221 Å². The molecular weight excluding hydrogens is 508 g/mol. The topological polar surface area (TPSA) is 126 Å². The Morgan fingerprint density at radius 2 is 1.71 bits per heavy atom. The third-order valence-electron chi connectivity index (χ3n) is 7.23. The van der Waals surface area contributed by atoms with Crippen LogP contribution in [0.5, 0.6) is 0 Å². The van der Waals surface area contributed by atoms with Gasteiger partial charge in [-0.25, -0.2) is 4.68 Å². The zero-order valence-corrected chi connectivity index (χ0v) is 21.7. The molecule has 0 aliphatic carbocycles. The average molecular weight is 539 g/mol. The van der Waals surface area contributed by atoms with Crippen LogP contribution >= 0.6 is 10.6 Å². The summed E-state index contributed by atoms with van der Waals surface area (Å²) in [7, 11) is -3.17. The molecule has 0 radical (unpaired) electrons. The number of rotatable bonds is 4. The Morgan fingerprint density at radius 1 is 0.974 bits per heavy atom. The standard InChI is InChI=1S/C27H30N4O6S/c32-26(28-19-8-12-36-13-9-19)18-4-3-5-20(16-18)31-25-21-6-1-2-7-23(21)38(34,35)17-22(25)24(29-31)27(33)30-10-14-37-15-11-30/h1-7,16,19,34-35H,8-15,17H2,(H,28,32). The van der Waals surface area contributed by atoms with Crippen molar-refractivity contribution in [1.29, 1.82) is 0 Å². The minimum atomic E-state index is -3.17. The van der Waals surface area contributed by atoms with E-state index in [2.05, 4.69) is 5.32 Å². The van der Waals surface area contributed by atoms with Crippen LogP contribution in [0.15, 0.2) is 53.4 Å². The van der Waals surface area contributed by atoms with Crippen molar-refractivity contribution in [1.82, 2.24) is 20.0 Å². The average Bonchev–Trinajstić information content (AvgIpc) is 3.32. The van der Waals surface area contributed by atoms with Crippen LogP contribution in [0.25, 0.3) is 16.9 Å². The summed E-state index contributed by atoms with van der Waals surface area (Å²) < 4.78 is 34.5. The highest BCUT2D eigenvalue weighted by atomic mass is 32.3. The summed E-state index contributed by atoms with van der Waals surface area (Å²) in [6.45, 7) is 3.02. The third kappa shape index (κ3) is 4.61. The molecule has 1 aromatic heterocycles. The lowest BCUT2D eigenvalue weighted by atomic mass is 10.0. The van der Waals surface area contributed by atoms with Crippen molar-refractivity contribution in [3.8, 4) is 16.9 Å². The zero-order valence-electron chi connectivity index (χ0n) is 20.8. The molecule has 0 bridgehead atoms. The van der Waals surface area contributed by atoms with E-state index in [-0.39, 0.29) is 29.3 Å². The van der Waals surface area contributed by atoms with Gasteiger partial charge in [0.05, 0.1) is 35.2 Å². The lowest BCUT2D eigenvalue weighted by Crippen LogP contribution is -2.41. The fourth-order valence-electron chi connectivity index (χ4n) is 5.25. The summed E-state index contributed by atoms with van der Waals surface area (Å²) in [5, 5.41) is 7.83. The quantitative estimate of drug-likeness (QED) is 0.464. The van der Waals surface area contributed by atoms with Gasteiger partial charge in [-0.2, -0.15) is 15.7 Å². The third-order valence-corrected chi connectivity index (χ3v) is 8.99. The van der Waals surface area contributed by atoms with Gasteiger partial charge in [0.1, 0.15) is 0 Å². The number of benzene rings is 2. The van der Waals surface area contributed by atoms with Crippen LogP contribution in [0.1, 0.15) is 39.3 Å². The van der Waals surface area contributed by atoms with Gasteiger partial charge in [-0.3, -0.25) is 18.7 Å². The van der Waals surface area contributed by atoms with Crippen LogP contribution in [0.2, 0.25) is 0 Å². The highest BCUT2D eigenvalue weighted by Crippen LogP contribution is 2.59. The van der Waals surface area contributed by atoms with Crippen molar-refractivity contribution in [2.45, 2.75) is 29.5 Å². The number of nitrogens with zero attached hydrogens (tertiary/aromatic N) is 3. The number of morpholine rings is 1. The summed E-state index contributed by atoms with van der Waals surface area (Å²) in [4.78, 5) is 28.8. The van der Waals surface area contributed by atoms with Crippen LogP contribution in [-0.2, 0) is 15.2 Å². The molecule has 11 heteroatoms. The molecule has 6 rings (SSSR count). The van der Waals surface area contributed by atoms with Crippen LogP contribution in [0, 0.1) is 0 Å². The molecule has 200 valence electrons. The molecule has 38 heavy (non-hydrogen) atoms. The number of hydrogen-bond acceptors (Lipinski definition) is 7. The van der Waals surface area contributed by atoms with Gasteiger partial charge < -0.3 is 19.7 Å². The van der Waals surface area contributed by atoms with E-state index in [9.17, 15) is 18.7 Å². The van der Waals surface area contributed by atoms with Gasteiger partial charge in [0.25, 0.3) is 11.8 Å². The van der Waals surface area contributed by atoms with Gasteiger partial charge in [-0.1, -0.05) is 24.3 Å². The first-order chi connectivity index (χ1) is 18.4. The molecule has 2 fully saturated rings. The second-order valence-electron chi connectivity index (χ2n) is 9.71. The van der Waals surface area contributed by atoms with E-state index in [1.54, 1.807) is 39.9 Å². The molecule has 10 nitrogen and oxygen atoms in total. The first-order valence-corrected chi connectivity index (χ1v) is 14.5. The van der Waals surface area contributed by atoms with Crippen molar-refractivity contribution in [2.75, 3.05) is 39.5 Å². The number of ether oxygens (including phenoxy) is 2. The smallest absolute Gasteiger partial charge is 0.274 e. The molecular formula is C27H30N4O6S. The Bertz CT molecular complexity index is 1380. The lowest BCUT2D eigenvalue weighted by molar-refractivity contribution is 0.0298. The highest BCUT2D eigenvalue weighted by molar-refractivity contribution is 8.23. The Morgan fingerprint density at radius 3 is 2.50 bits per heavy atom. The second kappa shape index (κ2) is 10.2. The largest absolute Gasteiger partial charge is 0.381 e. The lowest BCUT2D eigenvalue weighted by Gasteiger charge is -2.38. The molecule has 3 aromatic rings. The van der Waals surface area contributed by atoms with Gasteiger partial charge in [0.2, 0.25) is 0 Å². The maximum Gasteiger partial charge on any atom is 0.274 e. The molecule has 0 saturated carbocycles. The Hall–Kier alpha value is -3.22. The van der Waals surface area contributed by atoms with E-state index in [1.807, 2.05) is 18.2 Å². The minimum absolute atomic E-state index is 0.0622. The molecule has 0 spiro atoms. The maximum absolute atomic E-state index is 13.6. The molecule has 3 N–H and O–H groups in total. The minimum Gasteiger partial charge on any atom is -0.381 e. The van der Waals surface area contributed by atoms with Gasteiger partial charge in [-0.05, 0) is 37.1 Å². The first-order valence-electron chi connectivity index (χ1n) is 12.8. The number of carbonyl (C=O) groups is 2. The molecule has 0 unspecified atom stereocenters. The summed E-state index contributed by atoms with van der Waals surface area (Å²) in [6.07, 6.45) is 1.54. The summed E-state index contributed by atoms with van der Waals surface area (Å²) >= 11 is 0. The van der Waals surface area contributed by atoms with Crippen LogP contribution < -0.4 is 5.32 Å². The summed E-state index contributed by atoms with van der Waals surface area (Å²) in [5.74, 6) is -0.556. The number of nitrogens with one attached hydrogen (secondary N) is 1. The normalized spacial score (nSPS) is 19.8. The van der Waals surface area contributed by atoms with E-state index < -0.39 is 10.6 Å². The SMILES string of the molecule is O=C(NC1CCOCC1)c1cccc(-n2nc(C(=O)N3CCOCC3)c3c2-c2ccccc2S(O)(O)C3)c1. The van der Waals surface area contributed by atoms with Crippen molar-refractivity contribution in [3.63, 3.8) is 0 Å².